The predicted molar refractivity (Wildman–Crippen MR) is 131 cm³/mol. The van der Waals surface area contributed by atoms with Crippen LogP contribution in [-0.2, 0) is 12.7 Å². The summed E-state index contributed by atoms with van der Waals surface area (Å²) in [5, 5.41) is 0.723. The van der Waals surface area contributed by atoms with Gasteiger partial charge >= 0.3 is 6.18 Å². The van der Waals surface area contributed by atoms with Gasteiger partial charge in [0.1, 0.15) is 5.69 Å². The summed E-state index contributed by atoms with van der Waals surface area (Å²) in [6.07, 6.45) is -0.800. The number of carbonyl (C=O) groups is 1. The van der Waals surface area contributed by atoms with E-state index in [1.807, 2.05) is 0 Å². The molecule has 0 aliphatic rings. The zero-order valence-electron chi connectivity index (χ0n) is 18.0. The number of nitrogens with zero attached hydrogens (tertiary/aromatic N) is 3. The van der Waals surface area contributed by atoms with E-state index < -0.39 is 23.2 Å². The Kier molecular flexibility index (Phi) is 6.28. The van der Waals surface area contributed by atoms with Crippen LogP contribution >= 0.6 is 34.8 Å². The van der Waals surface area contributed by atoms with E-state index in [1.54, 1.807) is 12.1 Å². The number of rotatable bonds is 5. The maximum absolute atomic E-state index is 14.5. The zero-order valence-corrected chi connectivity index (χ0v) is 20.3. The SMILES string of the molecule is O=C(c1cnc(-c2ccncc2)o1)c1c(C(F)(F)F)n(Cc2ccc(Cl)cc2Cl)c2ccc(Cl)cc12. The molecule has 0 unspecified atom stereocenters. The van der Waals surface area contributed by atoms with Crippen molar-refractivity contribution < 1.29 is 22.4 Å². The van der Waals surface area contributed by atoms with Gasteiger partial charge in [0.2, 0.25) is 11.7 Å². The molecule has 3 heterocycles. The minimum absolute atomic E-state index is 0.0202. The maximum atomic E-state index is 14.5. The van der Waals surface area contributed by atoms with Gasteiger partial charge in [0.05, 0.1) is 11.8 Å². The molecular formula is C25H13Cl3F3N3O2. The van der Waals surface area contributed by atoms with Gasteiger partial charge in [-0.1, -0.05) is 40.9 Å². The number of oxazole rings is 1. The molecule has 0 N–H and O–H groups in total. The lowest BCUT2D eigenvalue weighted by atomic mass is 10.0. The van der Waals surface area contributed by atoms with Gasteiger partial charge in [0.25, 0.3) is 0 Å². The monoisotopic (exact) mass is 549 g/mol. The zero-order chi connectivity index (χ0) is 25.6. The van der Waals surface area contributed by atoms with E-state index in [4.69, 9.17) is 39.2 Å². The molecule has 36 heavy (non-hydrogen) atoms. The highest BCUT2D eigenvalue weighted by Crippen LogP contribution is 2.41. The Morgan fingerprint density at radius 1 is 0.972 bits per heavy atom. The van der Waals surface area contributed by atoms with Crippen LogP contribution in [0.3, 0.4) is 0 Å². The third-order valence-electron chi connectivity index (χ3n) is 5.52. The van der Waals surface area contributed by atoms with Crippen LogP contribution in [0.15, 0.2) is 71.5 Å². The topological polar surface area (TPSA) is 60.9 Å². The molecule has 0 aliphatic heterocycles. The molecule has 182 valence electrons. The Labute approximate surface area is 217 Å². The molecule has 0 radical (unpaired) electrons. The summed E-state index contributed by atoms with van der Waals surface area (Å²) in [6.45, 7) is -0.269. The predicted octanol–water partition coefficient (Wildman–Crippen LogP) is 7.95. The summed E-state index contributed by atoms with van der Waals surface area (Å²) in [5.41, 5.74) is -0.699. The average Bonchev–Trinajstić information content (AvgIpc) is 3.44. The molecule has 5 aromatic rings. The number of hydrogen-bond donors (Lipinski definition) is 0. The summed E-state index contributed by atoms with van der Waals surface area (Å²) in [4.78, 5) is 21.5. The minimum atomic E-state index is -4.90. The fraction of sp³-hybridized carbons (Fsp3) is 0.0800. The highest BCUT2D eigenvalue weighted by molar-refractivity contribution is 6.35. The number of aromatic nitrogens is 3. The highest BCUT2D eigenvalue weighted by atomic mass is 35.5. The van der Waals surface area contributed by atoms with E-state index in [1.165, 1.54) is 48.8 Å². The number of pyridine rings is 1. The van der Waals surface area contributed by atoms with Gasteiger partial charge in [-0.3, -0.25) is 9.78 Å². The molecule has 11 heteroatoms. The molecule has 5 rings (SSSR count). The molecule has 0 bridgehead atoms. The van der Waals surface area contributed by atoms with Crippen molar-refractivity contribution in [3.05, 3.63) is 105 Å². The second-order valence-corrected chi connectivity index (χ2v) is 9.08. The molecule has 2 aromatic carbocycles. The van der Waals surface area contributed by atoms with E-state index in [0.29, 0.717) is 16.1 Å². The number of hydrogen-bond acceptors (Lipinski definition) is 4. The second-order valence-electron chi connectivity index (χ2n) is 7.80. The summed E-state index contributed by atoms with van der Waals surface area (Å²) >= 11 is 18.3. The average molecular weight is 551 g/mol. The van der Waals surface area contributed by atoms with E-state index in [9.17, 15) is 18.0 Å². The van der Waals surface area contributed by atoms with Crippen molar-refractivity contribution in [1.82, 2.24) is 14.5 Å². The fourth-order valence-electron chi connectivity index (χ4n) is 3.97. The van der Waals surface area contributed by atoms with Crippen LogP contribution in [-0.4, -0.2) is 20.3 Å². The van der Waals surface area contributed by atoms with Gasteiger partial charge < -0.3 is 8.98 Å². The third-order valence-corrected chi connectivity index (χ3v) is 6.34. The number of halogens is 6. The van der Waals surface area contributed by atoms with Crippen molar-refractivity contribution in [1.29, 1.82) is 0 Å². The number of carbonyl (C=O) groups excluding carboxylic acids is 1. The van der Waals surface area contributed by atoms with E-state index in [-0.39, 0.29) is 39.1 Å². The molecule has 0 amide bonds. The molecule has 0 spiro atoms. The van der Waals surface area contributed by atoms with Gasteiger partial charge in [-0.25, -0.2) is 4.98 Å². The number of benzene rings is 2. The van der Waals surface area contributed by atoms with Crippen molar-refractivity contribution in [2.24, 2.45) is 0 Å². The van der Waals surface area contributed by atoms with Gasteiger partial charge in [0, 0.05) is 50.5 Å². The van der Waals surface area contributed by atoms with Crippen molar-refractivity contribution in [3.63, 3.8) is 0 Å². The van der Waals surface area contributed by atoms with E-state index in [0.717, 1.165) is 10.8 Å². The Bertz CT molecular complexity index is 1610. The molecule has 0 saturated carbocycles. The van der Waals surface area contributed by atoms with Crippen LogP contribution < -0.4 is 0 Å². The maximum Gasteiger partial charge on any atom is 0.432 e. The lowest BCUT2D eigenvalue weighted by Gasteiger charge is -2.15. The smallest absolute Gasteiger partial charge is 0.432 e. The van der Waals surface area contributed by atoms with Crippen molar-refractivity contribution in [3.8, 4) is 11.5 Å². The van der Waals surface area contributed by atoms with Crippen LogP contribution in [0.25, 0.3) is 22.4 Å². The Hall–Kier alpha value is -3.33. The van der Waals surface area contributed by atoms with Gasteiger partial charge in [0.15, 0.2) is 5.76 Å². The molecule has 3 aromatic heterocycles. The molecule has 0 saturated heterocycles. The van der Waals surface area contributed by atoms with E-state index >= 15 is 0 Å². The number of ketones is 1. The summed E-state index contributed by atoms with van der Waals surface area (Å²) < 4.78 is 50.2. The normalized spacial score (nSPS) is 11.8. The Balaban J connectivity index is 1.71. The third kappa shape index (κ3) is 4.48. The fourth-order valence-corrected chi connectivity index (χ4v) is 4.61. The summed E-state index contributed by atoms with van der Waals surface area (Å²) in [7, 11) is 0. The van der Waals surface area contributed by atoms with Crippen LogP contribution in [0.5, 0.6) is 0 Å². The summed E-state index contributed by atoms with van der Waals surface area (Å²) in [6, 6.07) is 11.9. The van der Waals surface area contributed by atoms with Crippen LogP contribution in [0, 0.1) is 0 Å². The largest absolute Gasteiger partial charge is 0.433 e. The van der Waals surface area contributed by atoms with Crippen molar-refractivity contribution in [2.75, 3.05) is 0 Å². The first-order chi connectivity index (χ1) is 17.1. The standard InChI is InChI=1S/C25H13Cl3F3N3O2/c26-15-3-4-19-17(9-15)21(22(35)20-11-33-24(36-20)13-5-7-32-8-6-13)23(25(29,30)31)34(19)12-14-1-2-16(27)10-18(14)28/h1-11H,12H2. The summed E-state index contributed by atoms with van der Waals surface area (Å²) in [5.74, 6) is -1.26. The molecule has 0 fully saturated rings. The highest BCUT2D eigenvalue weighted by Gasteiger charge is 2.42. The lowest BCUT2D eigenvalue weighted by Crippen LogP contribution is -2.18. The second kappa shape index (κ2) is 9.28. The van der Waals surface area contributed by atoms with Crippen LogP contribution in [0.4, 0.5) is 13.2 Å². The van der Waals surface area contributed by atoms with Gasteiger partial charge in [-0.2, -0.15) is 13.2 Å². The number of fused-ring (bicyclic) bond motifs is 1. The molecule has 5 nitrogen and oxygen atoms in total. The lowest BCUT2D eigenvalue weighted by molar-refractivity contribution is -0.143. The Morgan fingerprint density at radius 3 is 2.36 bits per heavy atom. The van der Waals surface area contributed by atoms with Crippen molar-refractivity contribution >= 4 is 51.5 Å². The van der Waals surface area contributed by atoms with Crippen molar-refractivity contribution in [2.45, 2.75) is 12.7 Å². The van der Waals surface area contributed by atoms with E-state index in [2.05, 4.69) is 9.97 Å². The molecule has 0 aliphatic carbocycles. The minimum Gasteiger partial charge on any atom is -0.433 e. The first-order valence-corrected chi connectivity index (χ1v) is 11.5. The first kappa shape index (κ1) is 24.4. The molecular weight excluding hydrogens is 538 g/mol. The van der Waals surface area contributed by atoms with Crippen LogP contribution in [0.2, 0.25) is 15.1 Å². The Morgan fingerprint density at radius 2 is 1.67 bits per heavy atom. The van der Waals surface area contributed by atoms with Gasteiger partial charge in [-0.05, 0) is 48.0 Å². The number of alkyl halides is 3. The van der Waals surface area contributed by atoms with Gasteiger partial charge in [-0.15, -0.1) is 0 Å². The quantitative estimate of drug-likeness (QED) is 0.208. The van der Waals surface area contributed by atoms with Crippen LogP contribution in [0.1, 0.15) is 27.4 Å². The molecule has 0 atom stereocenters. The first-order valence-electron chi connectivity index (χ1n) is 10.4.